The Kier molecular flexibility index (Phi) is 6.41. The largest absolute Gasteiger partial charge is 0.486 e. The zero-order valence-electron chi connectivity index (χ0n) is 18.7. The quantitative estimate of drug-likeness (QED) is 0.562. The van der Waals surface area contributed by atoms with Crippen LogP contribution in [0.2, 0.25) is 0 Å². The normalized spacial score (nSPS) is 16.7. The Morgan fingerprint density at radius 2 is 1.79 bits per heavy atom. The first-order valence-electron chi connectivity index (χ1n) is 11.6. The number of ether oxygens (including phenoxy) is 2. The van der Waals surface area contributed by atoms with Gasteiger partial charge in [-0.2, -0.15) is 0 Å². The Morgan fingerprint density at radius 1 is 0.970 bits per heavy atom. The molecule has 0 unspecified atom stereocenters. The van der Waals surface area contributed by atoms with Crippen LogP contribution in [-0.4, -0.2) is 54.6 Å². The van der Waals surface area contributed by atoms with Crippen molar-refractivity contribution in [1.29, 1.82) is 0 Å². The van der Waals surface area contributed by atoms with Gasteiger partial charge in [-0.15, -0.1) is 0 Å². The van der Waals surface area contributed by atoms with Crippen LogP contribution < -0.4 is 20.3 Å². The van der Waals surface area contributed by atoms with Crippen molar-refractivity contribution in [3.63, 3.8) is 0 Å². The minimum atomic E-state index is -0.0264. The molecule has 0 radical (unpaired) electrons. The number of carbonyl (C=O) groups is 1. The summed E-state index contributed by atoms with van der Waals surface area (Å²) in [6.07, 6.45) is 2.99. The number of rotatable bonds is 7. The SMILES string of the molecule is O=Cc1cccc2c1ccc(=O)n2CCN1CCC(NCc2ccc3c(c2)OCCO3)CC1. The third-order valence-electron chi connectivity index (χ3n) is 6.62. The van der Waals surface area contributed by atoms with Gasteiger partial charge in [0.1, 0.15) is 13.2 Å². The van der Waals surface area contributed by atoms with Crippen LogP contribution in [0.15, 0.2) is 53.3 Å². The fraction of sp³-hybridized carbons (Fsp3) is 0.385. The van der Waals surface area contributed by atoms with E-state index in [2.05, 4.69) is 22.3 Å². The third-order valence-corrected chi connectivity index (χ3v) is 6.62. The lowest BCUT2D eigenvalue weighted by molar-refractivity contribution is 0.112. The highest BCUT2D eigenvalue weighted by molar-refractivity contribution is 5.96. The van der Waals surface area contributed by atoms with Gasteiger partial charge in [-0.3, -0.25) is 9.59 Å². The van der Waals surface area contributed by atoms with Crippen LogP contribution in [0.5, 0.6) is 11.5 Å². The van der Waals surface area contributed by atoms with Crippen LogP contribution in [-0.2, 0) is 13.1 Å². The number of aromatic nitrogens is 1. The average molecular weight is 448 g/mol. The smallest absolute Gasteiger partial charge is 0.251 e. The predicted molar refractivity (Wildman–Crippen MR) is 127 cm³/mol. The molecule has 1 fully saturated rings. The lowest BCUT2D eigenvalue weighted by Gasteiger charge is -2.32. The van der Waals surface area contributed by atoms with Crippen molar-refractivity contribution >= 4 is 17.2 Å². The van der Waals surface area contributed by atoms with E-state index in [1.165, 1.54) is 5.56 Å². The number of benzene rings is 2. The first kappa shape index (κ1) is 21.7. The van der Waals surface area contributed by atoms with Crippen LogP contribution in [0, 0.1) is 0 Å². The summed E-state index contributed by atoms with van der Waals surface area (Å²) in [6, 6.07) is 15.5. The minimum Gasteiger partial charge on any atom is -0.486 e. The maximum atomic E-state index is 12.5. The van der Waals surface area contributed by atoms with Crippen molar-refractivity contribution in [3.05, 3.63) is 70.0 Å². The summed E-state index contributed by atoms with van der Waals surface area (Å²) in [5.74, 6) is 1.66. The van der Waals surface area contributed by atoms with Crippen molar-refractivity contribution in [3.8, 4) is 11.5 Å². The van der Waals surface area contributed by atoms with Gasteiger partial charge in [0.15, 0.2) is 17.8 Å². The zero-order valence-corrected chi connectivity index (χ0v) is 18.7. The summed E-state index contributed by atoms with van der Waals surface area (Å²) in [5, 5.41) is 4.50. The summed E-state index contributed by atoms with van der Waals surface area (Å²) in [5.41, 5.74) is 2.61. The third kappa shape index (κ3) is 4.79. The van der Waals surface area contributed by atoms with Gasteiger partial charge in [0, 0.05) is 42.7 Å². The summed E-state index contributed by atoms with van der Waals surface area (Å²) >= 11 is 0. The van der Waals surface area contributed by atoms with Gasteiger partial charge in [0.05, 0.1) is 5.52 Å². The standard InChI is InChI=1S/C26H29N3O4/c30-18-20-2-1-3-23-22(20)5-7-26(31)29(23)13-12-28-10-8-21(9-11-28)27-17-19-4-6-24-25(16-19)33-15-14-32-24/h1-7,16,18,21,27H,8-15,17H2. The molecule has 7 heteroatoms. The molecule has 0 bridgehead atoms. The maximum absolute atomic E-state index is 12.5. The first-order chi connectivity index (χ1) is 16.2. The summed E-state index contributed by atoms with van der Waals surface area (Å²) in [4.78, 5) is 26.3. The van der Waals surface area contributed by atoms with E-state index in [0.717, 1.165) is 67.7 Å². The van der Waals surface area contributed by atoms with E-state index >= 15 is 0 Å². The van der Waals surface area contributed by atoms with E-state index in [9.17, 15) is 9.59 Å². The Bertz CT molecular complexity index is 1200. The second-order valence-electron chi connectivity index (χ2n) is 8.70. The van der Waals surface area contributed by atoms with Gasteiger partial charge in [-0.1, -0.05) is 18.2 Å². The Hall–Kier alpha value is -3.16. The lowest BCUT2D eigenvalue weighted by Crippen LogP contribution is -2.43. The lowest BCUT2D eigenvalue weighted by atomic mass is 10.0. The topological polar surface area (TPSA) is 72.8 Å². The Balaban J connectivity index is 1.14. The minimum absolute atomic E-state index is 0.0264. The first-order valence-corrected chi connectivity index (χ1v) is 11.6. The summed E-state index contributed by atoms with van der Waals surface area (Å²) < 4.78 is 13.1. The summed E-state index contributed by atoms with van der Waals surface area (Å²) in [6.45, 7) is 5.46. The van der Waals surface area contributed by atoms with E-state index in [4.69, 9.17) is 9.47 Å². The van der Waals surface area contributed by atoms with E-state index < -0.39 is 0 Å². The number of carbonyl (C=O) groups excluding carboxylic acids is 1. The number of hydrogen-bond donors (Lipinski definition) is 1. The molecule has 2 aliphatic rings. The molecular formula is C26H29N3O4. The highest BCUT2D eigenvalue weighted by atomic mass is 16.6. The fourth-order valence-corrected chi connectivity index (χ4v) is 4.75. The van der Waals surface area contributed by atoms with Gasteiger partial charge < -0.3 is 24.3 Å². The van der Waals surface area contributed by atoms with Crippen LogP contribution in [0.1, 0.15) is 28.8 Å². The number of nitrogens with one attached hydrogen (secondary N) is 1. The Morgan fingerprint density at radius 3 is 2.61 bits per heavy atom. The zero-order chi connectivity index (χ0) is 22.6. The molecule has 3 aromatic rings. The van der Waals surface area contributed by atoms with Crippen LogP contribution in [0.25, 0.3) is 10.9 Å². The molecule has 0 aliphatic carbocycles. The molecule has 2 aliphatic heterocycles. The number of hydrogen-bond acceptors (Lipinski definition) is 6. The molecule has 0 amide bonds. The number of nitrogens with zero attached hydrogens (tertiary/aromatic N) is 2. The van der Waals surface area contributed by atoms with Gasteiger partial charge in [-0.05, 0) is 55.8 Å². The molecule has 0 saturated carbocycles. The molecule has 2 aromatic carbocycles. The second kappa shape index (κ2) is 9.77. The molecule has 33 heavy (non-hydrogen) atoms. The fourth-order valence-electron chi connectivity index (χ4n) is 4.75. The van der Waals surface area contributed by atoms with E-state index in [0.29, 0.717) is 31.4 Å². The number of piperidine rings is 1. The van der Waals surface area contributed by atoms with E-state index in [1.807, 2.05) is 18.2 Å². The van der Waals surface area contributed by atoms with E-state index in [1.54, 1.807) is 22.8 Å². The van der Waals surface area contributed by atoms with Crippen molar-refractivity contribution < 1.29 is 14.3 Å². The number of fused-ring (bicyclic) bond motifs is 2. The predicted octanol–water partition coefficient (Wildman–Crippen LogP) is 2.84. The van der Waals surface area contributed by atoms with Gasteiger partial charge >= 0.3 is 0 Å². The molecule has 0 spiro atoms. The van der Waals surface area contributed by atoms with Crippen molar-refractivity contribution in [2.75, 3.05) is 32.8 Å². The molecule has 7 nitrogen and oxygen atoms in total. The van der Waals surface area contributed by atoms with Crippen LogP contribution >= 0.6 is 0 Å². The maximum Gasteiger partial charge on any atom is 0.251 e. The van der Waals surface area contributed by atoms with Crippen molar-refractivity contribution in [1.82, 2.24) is 14.8 Å². The molecule has 3 heterocycles. The van der Waals surface area contributed by atoms with Gasteiger partial charge in [0.2, 0.25) is 0 Å². The monoisotopic (exact) mass is 447 g/mol. The van der Waals surface area contributed by atoms with Crippen molar-refractivity contribution in [2.45, 2.75) is 32.0 Å². The molecule has 1 saturated heterocycles. The molecule has 5 rings (SSSR count). The van der Waals surface area contributed by atoms with Crippen LogP contribution in [0.4, 0.5) is 0 Å². The second-order valence-corrected chi connectivity index (χ2v) is 8.70. The average Bonchev–Trinajstić information content (AvgIpc) is 2.87. The van der Waals surface area contributed by atoms with E-state index in [-0.39, 0.29) is 5.56 Å². The highest BCUT2D eigenvalue weighted by Crippen LogP contribution is 2.30. The molecular weight excluding hydrogens is 418 g/mol. The number of likely N-dealkylation sites (tertiary alicyclic amines) is 1. The molecule has 0 atom stereocenters. The Labute approximate surface area is 192 Å². The number of pyridine rings is 1. The van der Waals surface area contributed by atoms with Crippen LogP contribution in [0.3, 0.4) is 0 Å². The van der Waals surface area contributed by atoms with Crippen molar-refractivity contribution in [2.24, 2.45) is 0 Å². The molecule has 172 valence electrons. The summed E-state index contributed by atoms with van der Waals surface area (Å²) in [7, 11) is 0. The van der Waals surface area contributed by atoms with Gasteiger partial charge in [-0.25, -0.2) is 0 Å². The highest BCUT2D eigenvalue weighted by Gasteiger charge is 2.19. The number of aldehydes is 1. The molecule has 1 aromatic heterocycles. The molecule has 1 N–H and O–H groups in total. The van der Waals surface area contributed by atoms with Gasteiger partial charge in [0.25, 0.3) is 5.56 Å².